The number of aromatic amines is 2. The minimum absolute atomic E-state index is 0.0721. The maximum Gasteiger partial charge on any atom is 0.245 e. The number of para-hydroxylation sites is 1. The molecule has 4 aromatic rings. The van der Waals surface area contributed by atoms with E-state index in [1.165, 1.54) is 41.7 Å². The molecule has 28 heteroatoms. The van der Waals surface area contributed by atoms with Crippen LogP contribution in [0, 0.1) is 11.3 Å². The number of benzene rings is 2. The van der Waals surface area contributed by atoms with Crippen molar-refractivity contribution < 1.29 is 62.9 Å². The fourth-order valence-corrected chi connectivity index (χ4v) is 10.4. The van der Waals surface area contributed by atoms with Gasteiger partial charge in [0.2, 0.25) is 59.1 Å². The number of carbonyl (C=O) groups excluding carboxylic acids is 10. The van der Waals surface area contributed by atoms with Gasteiger partial charge < -0.3 is 83.0 Å². The Labute approximate surface area is 516 Å². The topological polar surface area (TPSA) is 412 Å². The van der Waals surface area contributed by atoms with E-state index in [0.717, 1.165) is 0 Å². The quantitative estimate of drug-likeness (QED) is 0.0169. The highest BCUT2D eigenvalue weighted by Gasteiger charge is 2.40. The Kier molecular flexibility index (Phi) is 25.6. The van der Waals surface area contributed by atoms with Crippen LogP contribution in [0.1, 0.15) is 110 Å². The van der Waals surface area contributed by atoms with Crippen LogP contribution < -0.4 is 53.2 Å². The number of aromatic nitrogens is 3. The minimum Gasteiger partial charge on any atom is -0.508 e. The Hall–Kier alpha value is -8.92. The molecule has 89 heavy (non-hydrogen) atoms. The van der Waals surface area contributed by atoms with Gasteiger partial charge in [0.05, 0.1) is 36.7 Å². The number of aliphatic hydroxyl groups excluding tert-OH is 1. The van der Waals surface area contributed by atoms with Crippen molar-refractivity contribution in [2.45, 2.75) is 173 Å². The zero-order valence-electron chi connectivity index (χ0n) is 51.5. The van der Waals surface area contributed by atoms with Crippen molar-refractivity contribution in [3.8, 4) is 5.75 Å². The number of ether oxygens (including phenoxy) is 1. The van der Waals surface area contributed by atoms with Gasteiger partial charge >= 0.3 is 0 Å². The average Bonchev–Trinajstić information content (AvgIpc) is 2.55. The van der Waals surface area contributed by atoms with Gasteiger partial charge in [0, 0.05) is 68.6 Å². The Morgan fingerprint density at radius 3 is 1.97 bits per heavy atom. The number of fused-ring (bicyclic) bond motifs is 1. The van der Waals surface area contributed by atoms with E-state index in [1.54, 1.807) is 59.0 Å². The lowest BCUT2D eigenvalue weighted by Gasteiger charge is -2.31. The standard InChI is InChI=1S/C61H87N15O13/c1-8-64-59(87)50-16-12-24-76(50)60(88)43(15-11-23-65-35(4)62)69-53(81)44(25-34(2)3)70-58(86)49(32-89-61(5,6)7)75-54(82)45(26-36-17-19-39(78)20-18-36)71-57(85)48(31-77)74-55(83)46(27-37-29-66-41-14-10-9-13-40(37)41)72-56(84)47(28-38-30-63-33-67-38)73-52(80)42-21-22-51(79)68-42/h9-10,13-14,17-20,29-30,33-34,42-50,66,77-78H,8,11-12,15-16,21-28,31-32H2,1-7H3,(H2,62,65)(H,63,67)(H,64,87)(H,68,79)(H,69,81)(H,70,86)(H,71,85)(H,72,84)(H,73,80)(H,74,83)(H,75,82). The molecular weight excluding hydrogens is 1150 g/mol. The third-order valence-electron chi connectivity index (χ3n) is 15.0. The summed E-state index contributed by atoms with van der Waals surface area (Å²) in [6, 6.07) is 1.13. The summed E-state index contributed by atoms with van der Waals surface area (Å²) in [5.74, 6) is -7.25. The second kappa shape index (κ2) is 32.9. The Morgan fingerprint density at radius 2 is 1.35 bits per heavy atom. The number of nitrogens with one attached hydrogen (secondary N) is 13. The van der Waals surface area contributed by atoms with Crippen molar-refractivity contribution in [2.24, 2.45) is 5.92 Å². The number of H-pyrrole nitrogens is 2. The van der Waals surface area contributed by atoms with Gasteiger partial charge in [-0.05, 0) is 108 Å². The fourth-order valence-electron chi connectivity index (χ4n) is 10.4. The number of phenols is 1. The van der Waals surface area contributed by atoms with E-state index in [4.69, 9.17) is 10.1 Å². The summed E-state index contributed by atoms with van der Waals surface area (Å²) < 4.78 is 6.05. The molecule has 2 aromatic heterocycles. The SMILES string of the molecule is CCNC(=O)C1CCCN1C(=O)C(CCCNC(C)=N)NC(=O)C(CC(C)C)NC(=O)C(COC(C)(C)C)NC(=O)C(Cc1ccc(O)cc1)NC(=O)C(CO)NC(=O)C(Cc1c[nH]c2ccccc12)NC(=O)C(Cc1c[nH]cn1)NC(=O)C1CCC(=O)N1. The molecule has 0 aliphatic carbocycles. The number of nitrogens with zero attached hydrogens (tertiary/aromatic N) is 2. The Bertz CT molecular complexity index is 3110. The summed E-state index contributed by atoms with van der Waals surface area (Å²) in [5, 5.41) is 56.5. The van der Waals surface area contributed by atoms with E-state index in [-0.39, 0.29) is 80.8 Å². The molecule has 9 unspecified atom stereocenters. The average molecular weight is 1240 g/mol. The van der Waals surface area contributed by atoms with Crippen molar-refractivity contribution in [3.63, 3.8) is 0 Å². The first-order valence-electron chi connectivity index (χ1n) is 30.2. The molecule has 484 valence electrons. The molecule has 28 nitrogen and oxygen atoms in total. The highest BCUT2D eigenvalue weighted by molar-refractivity contribution is 5.99. The lowest BCUT2D eigenvalue weighted by Crippen LogP contribution is -2.62. The van der Waals surface area contributed by atoms with E-state index in [2.05, 4.69) is 68.1 Å². The smallest absolute Gasteiger partial charge is 0.245 e. The number of imidazole rings is 1. The summed E-state index contributed by atoms with van der Waals surface area (Å²) in [6.07, 6.45) is 5.82. The first kappa shape index (κ1) is 69.2. The summed E-state index contributed by atoms with van der Waals surface area (Å²) in [7, 11) is 0. The van der Waals surface area contributed by atoms with Crippen LogP contribution in [0.2, 0.25) is 0 Å². The largest absolute Gasteiger partial charge is 0.508 e. The zero-order valence-corrected chi connectivity index (χ0v) is 51.5. The fraction of sp³-hybridized carbons (Fsp3) is 0.541. The zero-order chi connectivity index (χ0) is 65.0. The van der Waals surface area contributed by atoms with Gasteiger partial charge in [0.25, 0.3) is 0 Å². The predicted octanol–water partition coefficient (Wildman–Crippen LogP) is -0.356. The van der Waals surface area contributed by atoms with E-state index in [0.29, 0.717) is 60.1 Å². The van der Waals surface area contributed by atoms with Crippen LogP contribution in [0.4, 0.5) is 0 Å². The molecule has 10 amide bonds. The number of likely N-dealkylation sites (tertiary alicyclic amines) is 1. The van der Waals surface area contributed by atoms with Crippen molar-refractivity contribution in [3.05, 3.63) is 84.1 Å². The maximum atomic E-state index is 14.8. The molecule has 2 aromatic carbocycles. The van der Waals surface area contributed by atoms with Crippen LogP contribution in [0.3, 0.4) is 0 Å². The second-order valence-electron chi connectivity index (χ2n) is 23.8. The molecule has 2 aliphatic heterocycles. The van der Waals surface area contributed by atoms with Gasteiger partial charge in [-0.25, -0.2) is 4.98 Å². The molecule has 4 heterocycles. The first-order chi connectivity index (χ1) is 42.3. The normalized spacial score (nSPS) is 17.2. The third-order valence-corrected chi connectivity index (χ3v) is 15.0. The van der Waals surface area contributed by atoms with Crippen LogP contribution in [0.25, 0.3) is 10.9 Å². The molecule has 0 spiro atoms. The summed E-state index contributed by atoms with van der Waals surface area (Å²) >= 11 is 0. The molecule has 2 aliphatic rings. The van der Waals surface area contributed by atoms with E-state index < -0.39 is 120 Å². The molecule has 2 fully saturated rings. The number of aliphatic hydroxyl groups is 1. The monoisotopic (exact) mass is 1240 g/mol. The molecule has 9 atom stereocenters. The molecule has 0 saturated carbocycles. The second-order valence-corrected chi connectivity index (χ2v) is 23.8. The summed E-state index contributed by atoms with van der Waals surface area (Å²) in [4.78, 5) is 152. The van der Waals surface area contributed by atoms with Crippen LogP contribution >= 0.6 is 0 Å². The van der Waals surface area contributed by atoms with Gasteiger partial charge in [0.15, 0.2) is 0 Å². The maximum absolute atomic E-state index is 14.8. The number of amides is 10. The number of carbonyl (C=O) groups is 10. The number of phenolic OH excluding ortho intramolecular Hbond substituents is 1. The van der Waals surface area contributed by atoms with Crippen LogP contribution in [0.5, 0.6) is 5.75 Å². The third kappa shape index (κ3) is 21.1. The van der Waals surface area contributed by atoms with Crippen LogP contribution in [0.15, 0.2) is 67.3 Å². The number of rotatable bonds is 32. The number of aromatic hydroxyl groups is 1. The van der Waals surface area contributed by atoms with Gasteiger partial charge in [-0.3, -0.25) is 53.4 Å². The van der Waals surface area contributed by atoms with Crippen LogP contribution in [-0.2, 0) is 71.9 Å². The molecule has 6 rings (SSSR count). The predicted molar refractivity (Wildman–Crippen MR) is 327 cm³/mol. The first-order valence-corrected chi connectivity index (χ1v) is 30.2. The van der Waals surface area contributed by atoms with Gasteiger partial charge in [-0.1, -0.05) is 44.2 Å². The van der Waals surface area contributed by atoms with Gasteiger partial charge in [0.1, 0.15) is 60.1 Å². The number of amidine groups is 1. The van der Waals surface area contributed by atoms with E-state index in [1.807, 2.05) is 19.9 Å². The summed E-state index contributed by atoms with van der Waals surface area (Å²) in [5.41, 5.74) is 1.22. The Morgan fingerprint density at radius 1 is 0.742 bits per heavy atom. The molecule has 2 saturated heterocycles. The highest BCUT2D eigenvalue weighted by atomic mass is 16.5. The van der Waals surface area contributed by atoms with Crippen molar-refractivity contribution in [1.29, 1.82) is 5.41 Å². The van der Waals surface area contributed by atoms with E-state index >= 15 is 0 Å². The number of hydrogen-bond acceptors (Lipinski definition) is 15. The van der Waals surface area contributed by atoms with Crippen LogP contribution in [-0.4, -0.2) is 188 Å². The molecule has 0 bridgehead atoms. The minimum atomic E-state index is -1.78. The lowest BCUT2D eigenvalue weighted by molar-refractivity contribution is -0.142. The number of likely N-dealkylation sites (N-methyl/N-ethyl adjacent to an activating group) is 1. The number of hydrogen-bond donors (Lipinski definition) is 15. The molecule has 0 radical (unpaired) electrons. The van der Waals surface area contributed by atoms with Crippen molar-refractivity contribution in [2.75, 3.05) is 32.8 Å². The molecule has 15 N–H and O–H groups in total. The highest BCUT2D eigenvalue weighted by Crippen LogP contribution is 2.22. The molecular formula is C61H87N15O13. The lowest BCUT2D eigenvalue weighted by atomic mass is 10.0. The van der Waals surface area contributed by atoms with Gasteiger partial charge in [-0.15, -0.1) is 0 Å². The Balaban J connectivity index is 1.24. The summed E-state index contributed by atoms with van der Waals surface area (Å²) in [6.45, 7) is 11.6. The van der Waals surface area contributed by atoms with Crippen molar-refractivity contribution in [1.82, 2.24) is 73.0 Å². The van der Waals surface area contributed by atoms with Gasteiger partial charge in [-0.2, -0.15) is 0 Å². The van der Waals surface area contributed by atoms with Crippen molar-refractivity contribution >= 4 is 75.8 Å². The van der Waals surface area contributed by atoms with E-state index in [9.17, 15) is 58.2 Å².